The van der Waals surface area contributed by atoms with Crippen molar-refractivity contribution in [1.82, 2.24) is 14.5 Å². The van der Waals surface area contributed by atoms with Crippen LogP contribution >= 0.6 is 0 Å². The van der Waals surface area contributed by atoms with Gasteiger partial charge in [0.25, 0.3) is 10.0 Å². The first-order chi connectivity index (χ1) is 9.48. The summed E-state index contributed by atoms with van der Waals surface area (Å²) in [6.07, 6.45) is 3.86. The number of aromatic amines is 1. The normalized spacial score (nSPS) is 20.8. The maximum absolute atomic E-state index is 12.6. The molecular weight excluding hydrogens is 282 g/mol. The molecule has 2 heterocycles. The number of H-pyrrole nitrogens is 1. The van der Waals surface area contributed by atoms with Gasteiger partial charge >= 0.3 is 5.97 Å². The predicted molar refractivity (Wildman–Crippen MR) is 71.7 cm³/mol. The molecular formula is C12H19N3O4S. The van der Waals surface area contributed by atoms with Crippen molar-refractivity contribution < 1.29 is 17.9 Å². The van der Waals surface area contributed by atoms with Gasteiger partial charge in [-0.15, -0.1) is 0 Å². The molecule has 1 unspecified atom stereocenters. The lowest BCUT2D eigenvalue weighted by Crippen LogP contribution is -2.42. The Morgan fingerprint density at radius 2 is 2.30 bits per heavy atom. The summed E-state index contributed by atoms with van der Waals surface area (Å²) < 4.78 is 31.5. The Balaban J connectivity index is 2.35. The van der Waals surface area contributed by atoms with E-state index in [1.54, 1.807) is 6.92 Å². The van der Waals surface area contributed by atoms with E-state index in [9.17, 15) is 13.2 Å². The SMILES string of the molecule is CCOC(=O)c1cn[nH]c1S(=O)(=O)N1CCCCC1C. The van der Waals surface area contributed by atoms with Gasteiger partial charge in [0.15, 0.2) is 5.03 Å². The van der Waals surface area contributed by atoms with Gasteiger partial charge in [-0.05, 0) is 26.7 Å². The third-order valence-electron chi connectivity index (χ3n) is 3.41. The fraction of sp³-hybridized carbons (Fsp3) is 0.667. The second-order valence-electron chi connectivity index (χ2n) is 4.79. The Labute approximate surface area is 118 Å². The summed E-state index contributed by atoms with van der Waals surface area (Å²) in [5.41, 5.74) is -0.0374. The number of rotatable bonds is 4. The van der Waals surface area contributed by atoms with E-state index in [4.69, 9.17) is 4.74 Å². The molecule has 0 spiro atoms. The van der Waals surface area contributed by atoms with Gasteiger partial charge in [0, 0.05) is 12.6 Å². The summed E-state index contributed by atoms with van der Waals surface area (Å²) in [5, 5.41) is 5.93. The van der Waals surface area contributed by atoms with Gasteiger partial charge in [-0.3, -0.25) is 5.10 Å². The number of nitrogens with one attached hydrogen (secondary N) is 1. The van der Waals surface area contributed by atoms with Crippen LogP contribution in [0.25, 0.3) is 0 Å². The maximum atomic E-state index is 12.6. The van der Waals surface area contributed by atoms with Gasteiger partial charge in [0.2, 0.25) is 0 Å². The minimum Gasteiger partial charge on any atom is -0.462 e. The van der Waals surface area contributed by atoms with Crippen LogP contribution in [0.4, 0.5) is 0 Å². The average Bonchev–Trinajstić information content (AvgIpc) is 2.89. The van der Waals surface area contributed by atoms with Gasteiger partial charge < -0.3 is 4.74 Å². The molecule has 1 aromatic rings. The number of carbonyl (C=O) groups is 1. The van der Waals surface area contributed by atoms with Crippen LogP contribution in [-0.4, -0.2) is 48.1 Å². The number of hydrogen-bond donors (Lipinski definition) is 1. The van der Waals surface area contributed by atoms with Gasteiger partial charge in [-0.25, -0.2) is 13.2 Å². The second-order valence-corrected chi connectivity index (χ2v) is 6.62. The quantitative estimate of drug-likeness (QED) is 0.842. The van der Waals surface area contributed by atoms with E-state index in [-0.39, 0.29) is 23.2 Å². The van der Waals surface area contributed by atoms with Crippen LogP contribution in [0.5, 0.6) is 0 Å². The molecule has 2 rings (SSSR count). The summed E-state index contributed by atoms with van der Waals surface area (Å²) in [4.78, 5) is 11.8. The first-order valence-corrected chi connectivity index (χ1v) is 8.14. The number of nitrogens with zero attached hydrogens (tertiary/aromatic N) is 2. The zero-order valence-electron chi connectivity index (χ0n) is 11.6. The molecule has 0 aromatic carbocycles. The van der Waals surface area contributed by atoms with Gasteiger partial charge in [0.1, 0.15) is 5.56 Å². The van der Waals surface area contributed by atoms with Gasteiger partial charge in [0.05, 0.1) is 12.8 Å². The summed E-state index contributed by atoms with van der Waals surface area (Å²) in [7, 11) is -3.75. The smallest absolute Gasteiger partial charge is 0.342 e. The zero-order chi connectivity index (χ0) is 14.8. The fourth-order valence-corrected chi connectivity index (χ4v) is 4.14. The Morgan fingerprint density at radius 1 is 1.55 bits per heavy atom. The summed E-state index contributed by atoms with van der Waals surface area (Å²) in [6, 6.07) is -0.0768. The topological polar surface area (TPSA) is 92.4 Å². The van der Waals surface area contributed by atoms with Gasteiger partial charge in [-0.1, -0.05) is 6.42 Å². The molecule has 0 radical (unpaired) electrons. The van der Waals surface area contributed by atoms with Crippen molar-refractivity contribution in [3.05, 3.63) is 11.8 Å². The van der Waals surface area contributed by atoms with E-state index in [0.717, 1.165) is 19.3 Å². The summed E-state index contributed by atoms with van der Waals surface area (Å²) in [5.74, 6) is -0.676. The number of piperidine rings is 1. The second kappa shape index (κ2) is 5.92. The third kappa shape index (κ3) is 2.71. The lowest BCUT2D eigenvalue weighted by atomic mass is 10.1. The number of ether oxygens (including phenoxy) is 1. The van der Waals surface area contributed by atoms with Crippen molar-refractivity contribution in [1.29, 1.82) is 0 Å². The van der Waals surface area contributed by atoms with Crippen LogP contribution in [0.1, 0.15) is 43.5 Å². The Bertz CT molecular complexity index is 581. The molecule has 0 saturated carbocycles. The van der Waals surface area contributed by atoms with Crippen LogP contribution < -0.4 is 0 Å². The number of carbonyl (C=O) groups excluding carboxylic acids is 1. The van der Waals surface area contributed by atoms with E-state index in [0.29, 0.717) is 6.54 Å². The van der Waals surface area contributed by atoms with Crippen molar-refractivity contribution in [2.24, 2.45) is 0 Å². The lowest BCUT2D eigenvalue weighted by molar-refractivity contribution is 0.0521. The monoisotopic (exact) mass is 301 g/mol. The Hall–Kier alpha value is -1.41. The molecule has 1 aromatic heterocycles. The Kier molecular flexibility index (Phi) is 4.44. The molecule has 1 aliphatic rings. The first kappa shape index (κ1) is 15.0. The number of hydrogen-bond acceptors (Lipinski definition) is 5. The molecule has 112 valence electrons. The highest BCUT2D eigenvalue weighted by molar-refractivity contribution is 7.89. The predicted octanol–water partition coefficient (Wildman–Crippen LogP) is 1.15. The van der Waals surface area contributed by atoms with Crippen molar-refractivity contribution in [2.75, 3.05) is 13.2 Å². The fourth-order valence-electron chi connectivity index (χ4n) is 2.37. The average molecular weight is 301 g/mol. The van der Waals surface area contributed by atoms with Crippen molar-refractivity contribution in [2.45, 2.75) is 44.2 Å². The van der Waals surface area contributed by atoms with Gasteiger partial charge in [-0.2, -0.15) is 9.40 Å². The van der Waals surface area contributed by atoms with Crippen molar-refractivity contribution >= 4 is 16.0 Å². The first-order valence-electron chi connectivity index (χ1n) is 6.70. The third-order valence-corrected chi connectivity index (χ3v) is 5.40. The van der Waals surface area contributed by atoms with Crippen molar-refractivity contribution in [3.8, 4) is 0 Å². The minimum atomic E-state index is -3.75. The highest BCUT2D eigenvalue weighted by Crippen LogP contribution is 2.26. The molecule has 1 fully saturated rings. The highest BCUT2D eigenvalue weighted by Gasteiger charge is 2.35. The molecule has 1 atom stereocenters. The van der Waals surface area contributed by atoms with E-state index >= 15 is 0 Å². The summed E-state index contributed by atoms with van der Waals surface area (Å²) >= 11 is 0. The zero-order valence-corrected chi connectivity index (χ0v) is 12.4. The largest absolute Gasteiger partial charge is 0.462 e. The number of sulfonamides is 1. The van der Waals surface area contributed by atoms with Crippen LogP contribution in [0, 0.1) is 0 Å². The van der Waals surface area contributed by atoms with E-state index in [1.165, 1.54) is 10.5 Å². The Morgan fingerprint density at radius 3 is 2.95 bits per heavy atom. The van der Waals surface area contributed by atoms with Crippen LogP contribution in [-0.2, 0) is 14.8 Å². The molecule has 20 heavy (non-hydrogen) atoms. The van der Waals surface area contributed by atoms with E-state index < -0.39 is 16.0 Å². The molecule has 1 saturated heterocycles. The summed E-state index contributed by atoms with van der Waals surface area (Å²) in [6.45, 7) is 4.18. The molecule has 1 N–H and O–H groups in total. The molecule has 7 nitrogen and oxygen atoms in total. The van der Waals surface area contributed by atoms with E-state index in [2.05, 4.69) is 10.2 Å². The minimum absolute atomic E-state index is 0.0374. The van der Waals surface area contributed by atoms with Crippen LogP contribution in [0.2, 0.25) is 0 Å². The number of aromatic nitrogens is 2. The molecule has 0 bridgehead atoms. The lowest BCUT2D eigenvalue weighted by Gasteiger charge is -2.31. The maximum Gasteiger partial charge on any atom is 0.342 e. The molecule has 8 heteroatoms. The molecule has 1 aliphatic heterocycles. The molecule has 0 amide bonds. The number of esters is 1. The highest BCUT2D eigenvalue weighted by atomic mass is 32.2. The standard InChI is InChI=1S/C12H19N3O4S/c1-3-19-12(16)10-8-13-14-11(10)20(17,18)15-7-5-4-6-9(15)2/h8-9H,3-7H2,1-2H3,(H,13,14). The van der Waals surface area contributed by atoms with E-state index in [1.807, 2.05) is 6.92 Å². The van der Waals surface area contributed by atoms with Crippen LogP contribution in [0.15, 0.2) is 11.2 Å². The van der Waals surface area contributed by atoms with Crippen LogP contribution in [0.3, 0.4) is 0 Å². The van der Waals surface area contributed by atoms with Crippen molar-refractivity contribution in [3.63, 3.8) is 0 Å². The molecule has 0 aliphatic carbocycles.